The largest absolute Gasteiger partial charge is 0.420 e. The Labute approximate surface area is 166 Å². The first-order chi connectivity index (χ1) is 13.8. The summed E-state index contributed by atoms with van der Waals surface area (Å²) < 4.78 is 5.72. The highest BCUT2D eigenvalue weighted by atomic mass is 32.2. The number of rotatable bonds is 6. The van der Waals surface area contributed by atoms with E-state index in [4.69, 9.17) is 4.42 Å². The van der Waals surface area contributed by atoms with E-state index in [-0.39, 0.29) is 5.91 Å². The normalized spacial score (nSPS) is 10.6. The second-order valence-electron chi connectivity index (χ2n) is 6.00. The molecule has 0 aliphatic heterocycles. The molecule has 6 heteroatoms. The van der Waals surface area contributed by atoms with Crippen LogP contribution < -0.4 is 5.32 Å². The molecule has 4 aromatic rings. The maximum absolute atomic E-state index is 12.2. The van der Waals surface area contributed by atoms with Gasteiger partial charge in [0.25, 0.3) is 5.91 Å². The summed E-state index contributed by atoms with van der Waals surface area (Å²) in [5, 5.41) is 11.1. The van der Waals surface area contributed by atoms with Gasteiger partial charge in [0, 0.05) is 21.7 Å². The number of amides is 1. The summed E-state index contributed by atoms with van der Waals surface area (Å²) in [5.74, 6) is 1.55. The van der Waals surface area contributed by atoms with E-state index >= 15 is 0 Å². The van der Waals surface area contributed by atoms with Gasteiger partial charge in [0.1, 0.15) is 0 Å². The molecule has 0 bridgehead atoms. The molecule has 0 fully saturated rings. The summed E-state index contributed by atoms with van der Waals surface area (Å²) in [6.45, 7) is 0. The van der Waals surface area contributed by atoms with Crippen molar-refractivity contribution in [2.75, 3.05) is 5.32 Å². The van der Waals surface area contributed by atoms with E-state index in [1.807, 2.05) is 72.8 Å². The number of aromatic nitrogens is 2. The zero-order valence-corrected chi connectivity index (χ0v) is 15.7. The first-order valence-corrected chi connectivity index (χ1v) is 9.73. The second-order valence-corrected chi connectivity index (χ2v) is 7.05. The Balaban J connectivity index is 1.34. The molecular formula is C22H17N3O2S. The van der Waals surface area contributed by atoms with Gasteiger partial charge in [-0.05, 0) is 48.5 Å². The maximum atomic E-state index is 12.2. The molecule has 0 aliphatic rings. The lowest BCUT2D eigenvalue weighted by molar-refractivity contribution is 0.102. The van der Waals surface area contributed by atoms with E-state index in [2.05, 4.69) is 15.5 Å². The van der Waals surface area contributed by atoms with Crippen LogP contribution in [0.2, 0.25) is 0 Å². The highest BCUT2D eigenvalue weighted by Gasteiger charge is 2.09. The van der Waals surface area contributed by atoms with Gasteiger partial charge in [0.15, 0.2) is 0 Å². The van der Waals surface area contributed by atoms with Crippen LogP contribution in [0, 0.1) is 0 Å². The number of carbonyl (C=O) groups excluding carboxylic acids is 1. The number of nitrogens with one attached hydrogen (secondary N) is 1. The highest BCUT2D eigenvalue weighted by Crippen LogP contribution is 2.25. The van der Waals surface area contributed by atoms with Crippen molar-refractivity contribution in [1.82, 2.24) is 10.2 Å². The van der Waals surface area contributed by atoms with Gasteiger partial charge in [0.05, 0.1) is 5.75 Å². The van der Waals surface area contributed by atoms with Crippen LogP contribution in [-0.2, 0) is 5.75 Å². The van der Waals surface area contributed by atoms with Crippen LogP contribution in [0.4, 0.5) is 5.69 Å². The molecule has 0 saturated heterocycles. The monoisotopic (exact) mass is 387 g/mol. The molecule has 5 nitrogen and oxygen atoms in total. The van der Waals surface area contributed by atoms with Crippen molar-refractivity contribution in [3.05, 3.63) is 96.4 Å². The van der Waals surface area contributed by atoms with Gasteiger partial charge >= 0.3 is 0 Å². The van der Waals surface area contributed by atoms with Crippen molar-refractivity contribution in [3.8, 4) is 11.5 Å². The predicted octanol–water partition coefficient (Wildman–Crippen LogP) is 5.28. The van der Waals surface area contributed by atoms with Crippen molar-refractivity contribution < 1.29 is 9.21 Å². The van der Waals surface area contributed by atoms with Crippen LogP contribution in [0.5, 0.6) is 0 Å². The summed E-state index contributed by atoms with van der Waals surface area (Å²) in [6, 6.07) is 26.5. The molecule has 28 heavy (non-hydrogen) atoms. The van der Waals surface area contributed by atoms with Crippen molar-refractivity contribution in [1.29, 1.82) is 0 Å². The average Bonchev–Trinajstić information content (AvgIpc) is 3.24. The van der Waals surface area contributed by atoms with Gasteiger partial charge in [-0.3, -0.25) is 4.79 Å². The number of hydrogen-bond acceptors (Lipinski definition) is 5. The summed E-state index contributed by atoms with van der Waals surface area (Å²) in [6.07, 6.45) is 0. The van der Waals surface area contributed by atoms with Crippen LogP contribution in [0.25, 0.3) is 11.5 Å². The van der Waals surface area contributed by atoms with Crippen LogP contribution in [0.3, 0.4) is 0 Å². The van der Waals surface area contributed by atoms with Gasteiger partial charge in [-0.25, -0.2) is 0 Å². The smallest absolute Gasteiger partial charge is 0.255 e. The number of anilines is 1. The Bertz CT molecular complexity index is 1050. The van der Waals surface area contributed by atoms with Crippen LogP contribution in [0.1, 0.15) is 16.2 Å². The number of nitrogens with zero attached hydrogens (tertiary/aromatic N) is 2. The molecule has 1 heterocycles. The van der Waals surface area contributed by atoms with Gasteiger partial charge < -0.3 is 9.73 Å². The van der Waals surface area contributed by atoms with Gasteiger partial charge in [0.2, 0.25) is 11.8 Å². The molecule has 3 aromatic carbocycles. The Hall–Kier alpha value is -3.38. The predicted molar refractivity (Wildman–Crippen MR) is 110 cm³/mol. The number of benzene rings is 3. The minimum Gasteiger partial charge on any atom is -0.420 e. The number of thioether (sulfide) groups is 1. The number of hydrogen-bond donors (Lipinski definition) is 1. The molecule has 0 spiro atoms. The third-order valence-electron chi connectivity index (χ3n) is 4.00. The molecule has 1 amide bonds. The van der Waals surface area contributed by atoms with E-state index in [1.54, 1.807) is 23.9 Å². The zero-order chi connectivity index (χ0) is 19.2. The van der Waals surface area contributed by atoms with E-state index in [0.717, 1.165) is 16.1 Å². The fourth-order valence-electron chi connectivity index (χ4n) is 2.58. The highest BCUT2D eigenvalue weighted by molar-refractivity contribution is 7.98. The lowest BCUT2D eigenvalue weighted by Crippen LogP contribution is -2.11. The summed E-state index contributed by atoms with van der Waals surface area (Å²) in [4.78, 5) is 13.2. The first-order valence-electron chi connectivity index (χ1n) is 8.75. The fourth-order valence-corrected chi connectivity index (χ4v) is 3.32. The lowest BCUT2D eigenvalue weighted by Gasteiger charge is -2.06. The molecule has 0 radical (unpaired) electrons. The second kappa shape index (κ2) is 8.54. The SMILES string of the molecule is O=C(Nc1ccc(SCc2nnc(-c3ccccc3)o2)cc1)c1ccccc1. The summed E-state index contributed by atoms with van der Waals surface area (Å²) in [7, 11) is 0. The van der Waals surface area contributed by atoms with Crippen LogP contribution >= 0.6 is 11.8 Å². The molecular weight excluding hydrogens is 370 g/mol. The third-order valence-corrected chi connectivity index (χ3v) is 4.99. The van der Waals surface area contributed by atoms with E-state index < -0.39 is 0 Å². The van der Waals surface area contributed by atoms with Crippen LogP contribution in [-0.4, -0.2) is 16.1 Å². The molecule has 138 valence electrons. The molecule has 0 saturated carbocycles. The molecule has 0 aliphatic carbocycles. The standard InChI is InChI=1S/C22H17N3O2S/c26-21(16-7-3-1-4-8-16)23-18-11-13-19(14-12-18)28-15-20-24-25-22(27-20)17-9-5-2-6-10-17/h1-14H,15H2,(H,23,26). The first kappa shape index (κ1) is 18.0. The summed E-state index contributed by atoms with van der Waals surface area (Å²) in [5.41, 5.74) is 2.29. The average molecular weight is 387 g/mol. The summed E-state index contributed by atoms with van der Waals surface area (Å²) >= 11 is 1.60. The maximum Gasteiger partial charge on any atom is 0.255 e. The van der Waals surface area contributed by atoms with E-state index in [9.17, 15) is 4.79 Å². The van der Waals surface area contributed by atoms with Gasteiger partial charge in [-0.1, -0.05) is 36.4 Å². The molecule has 0 atom stereocenters. The minimum absolute atomic E-state index is 0.125. The minimum atomic E-state index is -0.125. The van der Waals surface area contributed by atoms with Crippen molar-refractivity contribution >= 4 is 23.4 Å². The molecule has 1 aromatic heterocycles. The quantitative estimate of drug-likeness (QED) is 0.456. The van der Waals surface area contributed by atoms with Crippen molar-refractivity contribution in [3.63, 3.8) is 0 Å². The Morgan fingerprint density at radius 1 is 0.857 bits per heavy atom. The Morgan fingerprint density at radius 2 is 1.54 bits per heavy atom. The Kier molecular flexibility index (Phi) is 5.49. The van der Waals surface area contributed by atoms with Crippen molar-refractivity contribution in [2.45, 2.75) is 10.6 Å². The molecule has 0 unspecified atom stereocenters. The molecule has 4 rings (SSSR count). The Morgan fingerprint density at radius 3 is 2.25 bits per heavy atom. The van der Waals surface area contributed by atoms with Gasteiger partial charge in [-0.15, -0.1) is 22.0 Å². The third kappa shape index (κ3) is 4.47. The topological polar surface area (TPSA) is 68.0 Å². The lowest BCUT2D eigenvalue weighted by atomic mass is 10.2. The van der Waals surface area contributed by atoms with Crippen LogP contribution in [0.15, 0.2) is 94.2 Å². The zero-order valence-electron chi connectivity index (χ0n) is 14.9. The van der Waals surface area contributed by atoms with Gasteiger partial charge in [-0.2, -0.15) is 0 Å². The fraction of sp³-hybridized carbons (Fsp3) is 0.0455. The van der Waals surface area contributed by atoms with E-state index in [1.165, 1.54) is 0 Å². The molecule has 1 N–H and O–H groups in total. The number of carbonyl (C=O) groups is 1. The van der Waals surface area contributed by atoms with Crippen molar-refractivity contribution in [2.24, 2.45) is 0 Å². The van der Waals surface area contributed by atoms with E-state index in [0.29, 0.717) is 23.1 Å².